The molecule has 0 spiro atoms. The fourth-order valence-corrected chi connectivity index (χ4v) is 4.20. The van der Waals surface area contributed by atoms with Gasteiger partial charge in [0.25, 0.3) is 0 Å². The quantitative estimate of drug-likeness (QED) is 0.696. The third-order valence-electron chi connectivity index (χ3n) is 5.55. The van der Waals surface area contributed by atoms with Crippen LogP contribution in [0.1, 0.15) is 63.9 Å². The van der Waals surface area contributed by atoms with E-state index in [4.69, 9.17) is 5.26 Å². The van der Waals surface area contributed by atoms with Crippen LogP contribution in [0.4, 0.5) is 0 Å². The van der Waals surface area contributed by atoms with Gasteiger partial charge in [-0.05, 0) is 56.6 Å². The molecule has 0 saturated carbocycles. The molecule has 1 aliphatic carbocycles. The summed E-state index contributed by atoms with van der Waals surface area (Å²) in [6, 6.07) is 12.5. The standard InChI is InChI=1S/C21H26N2O/c1-21(14-8-3-9-15-22)18-12-6-7-13-19(18)23(20(21)24)16-17-10-4-2-5-11-17/h2,4-5,10-11H,3,6-9,12-14,16H2,1H3. The van der Waals surface area contributed by atoms with Crippen molar-refractivity contribution in [3.63, 3.8) is 0 Å². The van der Waals surface area contributed by atoms with E-state index in [1.807, 2.05) is 23.1 Å². The Hall–Kier alpha value is -2.08. The summed E-state index contributed by atoms with van der Waals surface area (Å²) in [6.07, 6.45) is 7.76. The number of carbonyl (C=O) groups excluding carboxylic acids is 1. The fourth-order valence-electron chi connectivity index (χ4n) is 4.20. The number of hydrogen-bond donors (Lipinski definition) is 0. The molecule has 1 heterocycles. The topological polar surface area (TPSA) is 44.1 Å². The number of hydrogen-bond acceptors (Lipinski definition) is 2. The van der Waals surface area contributed by atoms with Crippen LogP contribution in [0.5, 0.6) is 0 Å². The van der Waals surface area contributed by atoms with E-state index >= 15 is 0 Å². The second-order valence-corrected chi connectivity index (χ2v) is 7.21. The summed E-state index contributed by atoms with van der Waals surface area (Å²) in [4.78, 5) is 15.3. The van der Waals surface area contributed by atoms with E-state index in [0.29, 0.717) is 13.0 Å². The Morgan fingerprint density at radius 2 is 1.92 bits per heavy atom. The summed E-state index contributed by atoms with van der Waals surface area (Å²) < 4.78 is 0. The van der Waals surface area contributed by atoms with Crippen LogP contribution in [0.3, 0.4) is 0 Å². The molecule has 24 heavy (non-hydrogen) atoms. The highest BCUT2D eigenvalue weighted by atomic mass is 16.2. The van der Waals surface area contributed by atoms with Crippen LogP contribution in [0, 0.1) is 16.7 Å². The first-order chi connectivity index (χ1) is 11.7. The molecule has 1 aromatic carbocycles. The smallest absolute Gasteiger partial charge is 0.237 e. The predicted octanol–water partition coefficient (Wildman–Crippen LogP) is 4.95. The summed E-state index contributed by atoms with van der Waals surface area (Å²) in [5.74, 6) is 0.273. The molecule has 0 saturated heterocycles. The maximum Gasteiger partial charge on any atom is 0.237 e. The number of benzene rings is 1. The van der Waals surface area contributed by atoms with E-state index in [2.05, 4.69) is 25.1 Å². The maximum atomic E-state index is 13.3. The van der Waals surface area contributed by atoms with Crippen molar-refractivity contribution in [1.82, 2.24) is 4.90 Å². The Kier molecular flexibility index (Phi) is 5.04. The lowest BCUT2D eigenvalue weighted by Gasteiger charge is -2.27. The SMILES string of the molecule is CC1(CCCCC#N)C(=O)N(Cc2ccccc2)C2=C1CCCC2. The minimum Gasteiger partial charge on any atom is -0.311 e. The van der Waals surface area contributed by atoms with E-state index in [1.165, 1.54) is 29.7 Å². The molecule has 1 atom stereocenters. The number of allylic oxidation sites excluding steroid dienone is 1. The molecule has 0 aromatic heterocycles. The van der Waals surface area contributed by atoms with Crippen LogP contribution in [-0.4, -0.2) is 10.8 Å². The van der Waals surface area contributed by atoms with Crippen molar-refractivity contribution < 1.29 is 4.79 Å². The molecular formula is C21H26N2O. The van der Waals surface area contributed by atoms with Gasteiger partial charge in [0.05, 0.1) is 18.0 Å². The van der Waals surface area contributed by atoms with Gasteiger partial charge in [0.15, 0.2) is 0 Å². The summed E-state index contributed by atoms with van der Waals surface area (Å²) >= 11 is 0. The highest BCUT2D eigenvalue weighted by Crippen LogP contribution is 2.49. The molecule has 0 bridgehead atoms. The van der Waals surface area contributed by atoms with Gasteiger partial charge in [0.1, 0.15) is 0 Å². The molecule has 0 radical (unpaired) electrons. The lowest BCUT2D eigenvalue weighted by Crippen LogP contribution is -2.34. The summed E-state index contributed by atoms with van der Waals surface area (Å²) in [6.45, 7) is 2.82. The average Bonchev–Trinajstić information content (AvgIpc) is 2.82. The minimum atomic E-state index is -0.347. The number of nitrogens with zero attached hydrogens (tertiary/aromatic N) is 2. The molecular weight excluding hydrogens is 296 g/mol. The number of carbonyl (C=O) groups is 1. The molecule has 0 fully saturated rings. The van der Waals surface area contributed by atoms with Gasteiger partial charge in [-0.1, -0.05) is 36.8 Å². The van der Waals surface area contributed by atoms with Crippen molar-refractivity contribution in [2.24, 2.45) is 5.41 Å². The Balaban J connectivity index is 1.82. The molecule has 1 amide bonds. The molecule has 1 unspecified atom stereocenters. The first-order valence-electron chi connectivity index (χ1n) is 9.12. The molecule has 1 aromatic rings. The largest absolute Gasteiger partial charge is 0.311 e. The van der Waals surface area contributed by atoms with Gasteiger partial charge in [-0.25, -0.2) is 0 Å². The van der Waals surface area contributed by atoms with E-state index in [-0.39, 0.29) is 11.3 Å². The van der Waals surface area contributed by atoms with E-state index in [9.17, 15) is 4.79 Å². The average molecular weight is 322 g/mol. The van der Waals surface area contributed by atoms with Crippen molar-refractivity contribution in [1.29, 1.82) is 5.26 Å². The van der Waals surface area contributed by atoms with E-state index < -0.39 is 0 Å². The summed E-state index contributed by atoms with van der Waals surface area (Å²) in [5, 5.41) is 8.73. The maximum absolute atomic E-state index is 13.3. The molecule has 3 heteroatoms. The third kappa shape index (κ3) is 3.11. The molecule has 1 aliphatic heterocycles. The van der Waals surface area contributed by atoms with Crippen LogP contribution in [0.15, 0.2) is 41.6 Å². The highest BCUT2D eigenvalue weighted by molar-refractivity contribution is 5.91. The molecule has 2 aliphatic rings. The molecule has 0 N–H and O–H groups in total. The van der Waals surface area contributed by atoms with Gasteiger partial charge in [-0.2, -0.15) is 5.26 Å². The fraction of sp³-hybridized carbons (Fsp3) is 0.524. The Labute approximate surface area is 145 Å². The first-order valence-corrected chi connectivity index (χ1v) is 9.12. The number of unbranched alkanes of at least 4 members (excludes halogenated alkanes) is 2. The van der Waals surface area contributed by atoms with Crippen molar-refractivity contribution >= 4 is 5.91 Å². The van der Waals surface area contributed by atoms with Gasteiger partial charge in [0, 0.05) is 12.1 Å². The van der Waals surface area contributed by atoms with Gasteiger partial charge in [-0.3, -0.25) is 4.79 Å². The van der Waals surface area contributed by atoms with Crippen molar-refractivity contribution in [3.05, 3.63) is 47.2 Å². The molecule has 3 nitrogen and oxygen atoms in total. The Morgan fingerprint density at radius 1 is 1.17 bits per heavy atom. The van der Waals surface area contributed by atoms with Crippen LogP contribution in [0.2, 0.25) is 0 Å². The first kappa shape index (κ1) is 16.8. The minimum absolute atomic E-state index is 0.273. The highest BCUT2D eigenvalue weighted by Gasteiger charge is 2.48. The summed E-state index contributed by atoms with van der Waals surface area (Å²) in [7, 11) is 0. The molecule has 3 rings (SSSR count). The zero-order valence-corrected chi connectivity index (χ0v) is 14.6. The second kappa shape index (κ2) is 7.21. The lowest BCUT2D eigenvalue weighted by molar-refractivity contribution is -0.135. The van der Waals surface area contributed by atoms with Gasteiger partial charge in [-0.15, -0.1) is 0 Å². The van der Waals surface area contributed by atoms with Crippen molar-refractivity contribution in [3.8, 4) is 6.07 Å². The van der Waals surface area contributed by atoms with E-state index in [1.54, 1.807) is 0 Å². The molecule has 126 valence electrons. The zero-order valence-electron chi connectivity index (χ0n) is 14.6. The lowest BCUT2D eigenvalue weighted by atomic mass is 9.74. The van der Waals surface area contributed by atoms with Crippen LogP contribution in [0.25, 0.3) is 0 Å². The van der Waals surface area contributed by atoms with Crippen molar-refractivity contribution in [2.45, 2.75) is 64.8 Å². The number of amides is 1. The van der Waals surface area contributed by atoms with Gasteiger partial charge >= 0.3 is 0 Å². The van der Waals surface area contributed by atoms with Crippen LogP contribution >= 0.6 is 0 Å². The van der Waals surface area contributed by atoms with Gasteiger partial charge in [0.2, 0.25) is 5.91 Å². The normalized spacial score (nSPS) is 23.3. The van der Waals surface area contributed by atoms with Crippen LogP contribution in [-0.2, 0) is 11.3 Å². The number of rotatable bonds is 6. The zero-order chi connectivity index (χ0) is 17.0. The predicted molar refractivity (Wildman–Crippen MR) is 94.7 cm³/mol. The number of nitriles is 1. The Morgan fingerprint density at radius 3 is 2.67 bits per heavy atom. The van der Waals surface area contributed by atoms with Crippen molar-refractivity contribution in [2.75, 3.05) is 0 Å². The summed E-state index contributed by atoms with van der Waals surface area (Å²) in [5.41, 5.74) is 3.52. The van der Waals surface area contributed by atoms with Crippen LogP contribution < -0.4 is 0 Å². The second-order valence-electron chi connectivity index (χ2n) is 7.21. The van der Waals surface area contributed by atoms with Gasteiger partial charge < -0.3 is 4.90 Å². The van der Waals surface area contributed by atoms with E-state index in [0.717, 1.165) is 32.1 Å². The Bertz CT molecular complexity index is 671. The third-order valence-corrected chi connectivity index (χ3v) is 5.55. The monoisotopic (exact) mass is 322 g/mol.